The third-order valence-electron chi connectivity index (χ3n) is 8.79. The maximum absolute atomic E-state index is 3.32. The van der Waals surface area contributed by atoms with Crippen molar-refractivity contribution in [3.8, 4) is 33.6 Å². The summed E-state index contributed by atoms with van der Waals surface area (Å²) >= 11 is 0. The van der Waals surface area contributed by atoms with Crippen LogP contribution in [-0.4, -0.2) is 9.13 Å². The molecule has 0 fully saturated rings. The molecule has 0 spiro atoms. The van der Waals surface area contributed by atoms with Crippen molar-refractivity contribution in [2.75, 3.05) is 0 Å². The largest absolute Gasteiger partial charge is 0.309 e. The Morgan fingerprint density at radius 2 is 0.955 bits per heavy atom. The van der Waals surface area contributed by atoms with Gasteiger partial charge in [0.25, 0.3) is 0 Å². The zero-order valence-electron chi connectivity index (χ0n) is 23.9. The molecule has 0 radical (unpaired) electrons. The topological polar surface area (TPSA) is 9.86 Å². The highest BCUT2D eigenvalue weighted by atomic mass is 15.0. The Morgan fingerprint density at radius 1 is 0.364 bits per heavy atom. The van der Waals surface area contributed by atoms with E-state index < -0.39 is 0 Å². The van der Waals surface area contributed by atoms with Gasteiger partial charge in [0.2, 0.25) is 0 Å². The van der Waals surface area contributed by atoms with E-state index in [0.29, 0.717) is 0 Å². The maximum Gasteiger partial charge on any atom is 0.0973 e. The van der Waals surface area contributed by atoms with Crippen molar-refractivity contribution in [3.05, 3.63) is 170 Å². The minimum atomic E-state index is 0.993. The lowest BCUT2D eigenvalue weighted by Crippen LogP contribution is -1.94. The number of nitrogens with zero attached hydrogens (tertiary/aromatic N) is 2. The van der Waals surface area contributed by atoms with Crippen LogP contribution in [0.4, 0.5) is 0 Å². The van der Waals surface area contributed by atoms with E-state index in [9.17, 15) is 0 Å². The minimum absolute atomic E-state index is 0.993. The van der Waals surface area contributed by atoms with E-state index in [1.54, 1.807) is 0 Å². The molecule has 0 amide bonds. The summed E-state index contributed by atoms with van der Waals surface area (Å²) in [5.41, 5.74) is 11.7. The molecule has 7 aromatic carbocycles. The summed E-state index contributed by atoms with van der Waals surface area (Å²) in [5, 5.41) is 4.97. The molecule has 0 N–H and O–H groups in total. The average molecular weight is 559 g/mol. The first kappa shape index (κ1) is 24.5. The van der Waals surface area contributed by atoms with Crippen molar-refractivity contribution in [1.82, 2.24) is 9.13 Å². The van der Waals surface area contributed by atoms with Gasteiger partial charge in [0.15, 0.2) is 0 Å². The van der Waals surface area contributed by atoms with Crippen molar-refractivity contribution in [2.24, 2.45) is 0 Å². The normalized spacial score (nSPS) is 11.5. The third-order valence-corrected chi connectivity index (χ3v) is 8.79. The summed E-state index contributed by atoms with van der Waals surface area (Å²) in [6.45, 7) is 0. The lowest BCUT2D eigenvalue weighted by Gasteiger charge is -2.10. The summed E-state index contributed by atoms with van der Waals surface area (Å²) in [5.74, 6) is 0. The number of fused-ring (bicyclic) bond motifs is 6. The van der Waals surface area contributed by atoms with Crippen LogP contribution in [0, 0.1) is 12.1 Å². The van der Waals surface area contributed by atoms with Gasteiger partial charge in [-0.25, -0.2) is 0 Å². The van der Waals surface area contributed by atoms with Gasteiger partial charge in [0.05, 0.1) is 27.8 Å². The fourth-order valence-electron chi connectivity index (χ4n) is 6.75. The molecule has 2 aromatic heterocycles. The summed E-state index contributed by atoms with van der Waals surface area (Å²) in [4.78, 5) is 0. The fourth-order valence-corrected chi connectivity index (χ4v) is 6.75. The quantitative estimate of drug-likeness (QED) is 0.203. The van der Waals surface area contributed by atoms with Crippen LogP contribution in [0.3, 0.4) is 0 Å². The molecule has 2 nitrogen and oxygen atoms in total. The van der Waals surface area contributed by atoms with Crippen LogP contribution in [0.1, 0.15) is 0 Å². The molecule has 9 rings (SSSR count). The van der Waals surface area contributed by atoms with Crippen LogP contribution in [0.15, 0.2) is 158 Å². The number of rotatable bonds is 4. The Kier molecular flexibility index (Phi) is 5.45. The predicted molar refractivity (Wildman–Crippen MR) is 184 cm³/mol. The van der Waals surface area contributed by atoms with Crippen LogP contribution in [0.2, 0.25) is 0 Å². The lowest BCUT2D eigenvalue weighted by atomic mass is 10.0. The number of hydrogen-bond donors (Lipinski definition) is 0. The molecule has 204 valence electrons. The van der Waals surface area contributed by atoms with Gasteiger partial charge in [0, 0.05) is 27.2 Å². The van der Waals surface area contributed by atoms with Gasteiger partial charge < -0.3 is 9.13 Å². The molecule has 0 unspecified atom stereocenters. The summed E-state index contributed by atoms with van der Waals surface area (Å²) < 4.78 is 4.68. The van der Waals surface area contributed by atoms with E-state index in [1.807, 2.05) is 12.1 Å². The molecule has 0 bridgehead atoms. The fraction of sp³-hybridized carbons (Fsp3) is 0. The first-order valence-electron chi connectivity index (χ1n) is 14.9. The monoisotopic (exact) mass is 558 g/mol. The standard InChI is InChI=1S/C42H26N2/c1-3-11-29(12-4-1)30-19-23-34(24-20-30)43-40-18-10-8-16-36(40)38-27-31(22-26-41(38)43)32-21-25-37-35-15-7-9-17-39(35)44(42(37)28-32)33-13-5-2-6-14-33/h1-5,7-13,15-28H. The Balaban J connectivity index is 1.21. The van der Waals surface area contributed by atoms with Gasteiger partial charge >= 0.3 is 0 Å². The van der Waals surface area contributed by atoms with Gasteiger partial charge in [-0.2, -0.15) is 0 Å². The number of hydrogen-bond acceptors (Lipinski definition) is 0. The van der Waals surface area contributed by atoms with E-state index in [2.05, 4.69) is 167 Å². The number of para-hydroxylation sites is 2. The van der Waals surface area contributed by atoms with Crippen molar-refractivity contribution >= 4 is 43.6 Å². The molecule has 9 aromatic rings. The van der Waals surface area contributed by atoms with Gasteiger partial charge in [-0.15, -0.1) is 0 Å². The molecule has 2 heteroatoms. The highest BCUT2D eigenvalue weighted by Crippen LogP contribution is 2.38. The molecule has 0 saturated carbocycles. The van der Waals surface area contributed by atoms with Crippen LogP contribution in [0.5, 0.6) is 0 Å². The summed E-state index contributed by atoms with van der Waals surface area (Å²) in [6, 6.07) is 63.0. The smallest absolute Gasteiger partial charge is 0.0973 e. The zero-order valence-corrected chi connectivity index (χ0v) is 23.9. The van der Waals surface area contributed by atoms with Crippen molar-refractivity contribution in [3.63, 3.8) is 0 Å². The predicted octanol–water partition coefficient (Wildman–Crippen LogP) is 10.8. The first-order chi connectivity index (χ1) is 21.8. The van der Waals surface area contributed by atoms with Crippen LogP contribution in [-0.2, 0) is 0 Å². The molecule has 0 aliphatic carbocycles. The van der Waals surface area contributed by atoms with Crippen molar-refractivity contribution in [2.45, 2.75) is 0 Å². The number of benzene rings is 6. The molecule has 0 aliphatic rings. The molecule has 0 atom stereocenters. The zero-order chi connectivity index (χ0) is 29.0. The van der Waals surface area contributed by atoms with E-state index >= 15 is 0 Å². The van der Waals surface area contributed by atoms with Crippen LogP contribution in [0.25, 0.3) is 77.2 Å². The van der Waals surface area contributed by atoms with Crippen molar-refractivity contribution in [1.29, 1.82) is 0 Å². The third kappa shape index (κ3) is 3.77. The molecule has 0 aliphatic heterocycles. The van der Waals surface area contributed by atoms with Crippen LogP contribution < -0.4 is 0 Å². The Hall–Kier alpha value is -6.04. The van der Waals surface area contributed by atoms with Gasteiger partial charge in [-0.1, -0.05) is 109 Å². The highest BCUT2D eigenvalue weighted by Gasteiger charge is 2.16. The highest BCUT2D eigenvalue weighted by molar-refractivity contribution is 6.12. The lowest BCUT2D eigenvalue weighted by molar-refractivity contribution is 1.18. The second-order valence-electron chi connectivity index (χ2n) is 11.3. The second kappa shape index (κ2) is 9.76. The molecule has 44 heavy (non-hydrogen) atoms. The summed E-state index contributed by atoms with van der Waals surface area (Å²) in [7, 11) is 0. The molecule has 2 heterocycles. The molecular formula is C42H26N2. The first-order valence-corrected chi connectivity index (χ1v) is 14.9. The van der Waals surface area contributed by atoms with Crippen LogP contribution >= 0.6 is 0 Å². The Bertz CT molecular complexity index is 2460. The molecule has 0 saturated heterocycles. The average Bonchev–Trinajstić information content (AvgIpc) is 3.61. The Labute approximate surface area is 255 Å². The maximum atomic E-state index is 3.32. The van der Waals surface area contributed by atoms with Gasteiger partial charge in [-0.05, 0) is 82.9 Å². The minimum Gasteiger partial charge on any atom is -0.309 e. The van der Waals surface area contributed by atoms with E-state index in [0.717, 1.165) is 11.4 Å². The van der Waals surface area contributed by atoms with E-state index in [-0.39, 0.29) is 0 Å². The van der Waals surface area contributed by atoms with Crippen molar-refractivity contribution < 1.29 is 0 Å². The van der Waals surface area contributed by atoms with Gasteiger partial charge in [0.1, 0.15) is 0 Å². The SMILES string of the molecule is c1cccc(-n2c3ccccc3c3ccc(-c4ccc5c(c4)c4ccccc4n5-c4ccc(-c5ccccc5)cc4)cc32)c#1. The molecular weight excluding hydrogens is 532 g/mol. The number of aromatic nitrogens is 2. The van der Waals surface area contributed by atoms with E-state index in [1.165, 1.54) is 65.9 Å². The van der Waals surface area contributed by atoms with E-state index in [4.69, 9.17) is 0 Å². The Morgan fingerprint density at radius 3 is 1.73 bits per heavy atom. The summed E-state index contributed by atoms with van der Waals surface area (Å²) in [6.07, 6.45) is 0. The second-order valence-corrected chi connectivity index (χ2v) is 11.3. The van der Waals surface area contributed by atoms with Gasteiger partial charge in [-0.3, -0.25) is 0 Å².